The second kappa shape index (κ2) is 6.42. The molecular weight excluding hydrogens is 331 g/mol. The average Bonchev–Trinajstić information content (AvgIpc) is 3.27. The number of hydrogen-bond acceptors (Lipinski definition) is 2. The molecule has 1 aliphatic rings. The summed E-state index contributed by atoms with van der Waals surface area (Å²) >= 11 is 0. The molecule has 0 radical (unpaired) electrons. The number of aliphatic imine (C=N–C) groups is 1. The van der Waals surface area contributed by atoms with Gasteiger partial charge < -0.3 is 11.1 Å². The van der Waals surface area contributed by atoms with Crippen LogP contribution >= 0.6 is 0 Å². The van der Waals surface area contributed by atoms with Crippen molar-refractivity contribution in [2.75, 3.05) is 0 Å². The average molecular weight is 351 g/mol. The van der Waals surface area contributed by atoms with Gasteiger partial charge in [-0.1, -0.05) is 6.07 Å². The van der Waals surface area contributed by atoms with E-state index in [0.29, 0.717) is 11.7 Å². The Morgan fingerprint density at radius 3 is 2.60 bits per heavy atom. The van der Waals surface area contributed by atoms with Crippen molar-refractivity contribution in [2.24, 2.45) is 10.7 Å². The van der Waals surface area contributed by atoms with E-state index in [9.17, 15) is 13.2 Å². The van der Waals surface area contributed by atoms with Gasteiger partial charge in [-0.15, -0.1) is 0 Å². The van der Waals surface area contributed by atoms with Crippen molar-refractivity contribution in [1.29, 1.82) is 0 Å². The number of nitrogens with two attached hydrogens (primary N) is 1. The highest BCUT2D eigenvalue weighted by molar-refractivity contribution is 5.78. The Hall–Kier alpha value is -2.51. The number of guanidine groups is 1. The first kappa shape index (κ1) is 17.3. The van der Waals surface area contributed by atoms with Gasteiger partial charge in [0.2, 0.25) is 0 Å². The first-order valence-electron chi connectivity index (χ1n) is 8.04. The molecule has 1 heterocycles. The van der Waals surface area contributed by atoms with Gasteiger partial charge in [0.25, 0.3) is 0 Å². The van der Waals surface area contributed by atoms with Gasteiger partial charge in [0.1, 0.15) is 0 Å². The van der Waals surface area contributed by atoms with Crippen LogP contribution in [0.1, 0.15) is 35.4 Å². The number of aryl methyl sites for hydroxylation is 2. The molecule has 1 fully saturated rings. The molecule has 3 N–H and O–H groups in total. The summed E-state index contributed by atoms with van der Waals surface area (Å²) in [6.45, 7) is 3.47. The monoisotopic (exact) mass is 351 g/mol. The molecular formula is C17H20F3N5. The van der Waals surface area contributed by atoms with Gasteiger partial charge in [0.05, 0.1) is 23.5 Å². The fourth-order valence-corrected chi connectivity index (χ4v) is 2.64. The minimum Gasteiger partial charge on any atom is -0.370 e. The van der Waals surface area contributed by atoms with E-state index in [1.165, 1.54) is 10.7 Å². The Morgan fingerprint density at radius 1 is 1.32 bits per heavy atom. The van der Waals surface area contributed by atoms with Crippen LogP contribution in [-0.2, 0) is 12.7 Å². The highest BCUT2D eigenvalue weighted by atomic mass is 19.4. The third kappa shape index (κ3) is 4.12. The zero-order valence-electron chi connectivity index (χ0n) is 14.1. The summed E-state index contributed by atoms with van der Waals surface area (Å²) < 4.78 is 41.9. The minimum atomic E-state index is -4.48. The number of aromatic nitrogens is 2. The number of nitrogens with one attached hydrogen (secondary N) is 1. The SMILES string of the molecule is Cc1cc(C)n(-c2ccc(CN=C(N)NC3CC3)c(C(F)(F)F)c2)n1. The highest BCUT2D eigenvalue weighted by Crippen LogP contribution is 2.34. The van der Waals surface area contributed by atoms with Gasteiger partial charge in [-0.05, 0) is 50.5 Å². The molecule has 2 aromatic rings. The van der Waals surface area contributed by atoms with E-state index in [1.54, 1.807) is 19.9 Å². The molecule has 0 atom stereocenters. The van der Waals surface area contributed by atoms with Crippen molar-refractivity contribution in [3.05, 3.63) is 46.8 Å². The molecule has 3 rings (SSSR count). The number of hydrogen-bond donors (Lipinski definition) is 2. The van der Waals surface area contributed by atoms with Crippen molar-refractivity contribution >= 4 is 5.96 Å². The predicted molar refractivity (Wildman–Crippen MR) is 89.5 cm³/mol. The summed E-state index contributed by atoms with van der Waals surface area (Å²) in [4.78, 5) is 4.03. The maximum atomic E-state index is 13.5. The molecule has 134 valence electrons. The summed E-state index contributed by atoms with van der Waals surface area (Å²) in [6.07, 6.45) is -2.45. The van der Waals surface area contributed by atoms with E-state index in [-0.39, 0.29) is 18.1 Å². The Balaban J connectivity index is 1.91. The molecule has 1 aromatic heterocycles. The number of halogens is 3. The molecule has 0 amide bonds. The minimum absolute atomic E-state index is 0.0818. The topological polar surface area (TPSA) is 68.2 Å². The fourth-order valence-electron chi connectivity index (χ4n) is 2.64. The van der Waals surface area contributed by atoms with Gasteiger partial charge in [-0.3, -0.25) is 0 Å². The van der Waals surface area contributed by atoms with E-state index in [1.807, 2.05) is 6.07 Å². The van der Waals surface area contributed by atoms with Crippen molar-refractivity contribution in [3.8, 4) is 5.69 Å². The van der Waals surface area contributed by atoms with Crippen molar-refractivity contribution in [3.63, 3.8) is 0 Å². The highest BCUT2D eigenvalue weighted by Gasteiger charge is 2.34. The van der Waals surface area contributed by atoms with Crippen LogP contribution in [0.3, 0.4) is 0 Å². The van der Waals surface area contributed by atoms with Crippen LogP contribution in [0.2, 0.25) is 0 Å². The van der Waals surface area contributed by atoms with Gasteiger partial charge in [-0.2, -0.15) is 18.3 Å². The van der Waals surface area contributed by atoms with Crippen LogP contribution < -0.4 is 11.1 Å². The van der Waals surface area contributed by atoms with E-state index >= 15 is 0 Å². The van der Waals surface area contributed by atoms with Crippen molar-refractivity contribution in [2.45, 2.75) is 45.5 Å². The molecule has 0 spiro atoms. The van der Waals surface area contributed by atoms with E-state index in [2.05, 4.69) is 15.4 Å². The molecule has 1 saturated carbocycles. The third-order valence-corrected chi connectivity index (χ3v) is 4.00. The molecule has 0 unspecified atom stereocenters. The first-order valence-corrected chi connectivity index (χ1v) is 8.04. The van der Waals surface area contributed by atoms with E-state index < -0.39 is 11.7 Å². The van der Waals surface area contributed by atoms with Crippen LogP contribution in [0.25, 0.3) is 5.69 Å². The summed E-state index contributed by atoms with van der Waals surface area (Å²) in [6, 6.07) is 6.27. The second-order valence-electron chi connectivity index (χ2n) is 6.30. The van der Waals surface area contributed by atoms with E-state index in [0.717, 1.165) is 30.3 Å². The van der Waals surface area contributed by atoms with Gasteiger partial charge in [-0.25, -0.2) is 9.67 Å². The largest absolute Gasteiger partial charge is 0.416 e. The molecule has 0 bridgehead atoms. The van der Waals surface area contributed by atoms with E-state index in [4.69, 9.17) is 5.73 Å². The number of rotatable bonds is 4. The number of benzene rings is 1. The standard InChI is InChI=1S/C17H20F3N5/c1-10-7-11(2)25(24-10)14-6-3-12(15(8-14)17(18,19)20)9-22-16(21)23-13-4-5-13/h3,6-8,13H,4-5,9H2,1-2H3,(H3,21,22,23). The van der Waals surface area contributed by atoms with Crippen LogP contribution in [0.4, 0.5) is 13.2 Å². The smallest absolute Gasteiger partial charge is 0.370 e. The Morgan fingerprint density at radius 2 is 2.04 bits per heavy atom. The van der Waals surface area contributed by atoms with Gasteiger partial charge in [0.15, 0.2) is 5.96 Å². The Labute approximate surface area is 143 Å². The lowest BCUT2D eigenvalue weighted by Crippen LogP contribution is -2.33. The maximum Gasteiger partial charge on any atom is 0.416 e. The summed E-state index contributed by atoms with van der Waals surface area (Å²) in [5.41, 5.74) is 6.96. The maximum absolute atomic E-state index is 13.5. The molecule has 5 nitrogen and oxygen atoms in total. The molecule has 0 saturated heterocycles. The van der Waals surface area contributed by atoms with Crippen LogP contribution in [0.15, 0.2) is 29.3 Å². The fraction of sp³-hybridized carbons (Fsp3) is 0.412. The van der Waals surface area contributed by atoms with Crippen LogP contribution in [0.5, 0.6) is 0 Å². The molecule has 0 aliphatic heterocycles. The zero-order valence-corrected chi connectivity index (χ0v) is 14.1. The van der Waals surface area contributed by atoms with Crippen molar-refractivity contribution < 1.29 is 13.2 Å². The van der Waals surface area contributed by atoms with Crippen LogP contribution in [0, 0.1) is 13.8 Å². The molecule has 1 aliphatic carbocycles. The zero-order chi connectivity index (χ0) is 18.2. The van der Waals surface area contributed by atoms with Crippen LogP contribution in [-0.4, -0.2) is 21.8 Å². The van der Waals surface area contributed by atoms with Gasteiger partial charge >= 0.3 is 6.18 Å². The number of nitrogens with zero attached hydrogens (tertiary/aromatic N) is 3. The second-order valence-corrected chi connectivity index (χ2v) is 6.30. The molecule has 8 heteroatoms. The Bertz CT molecular complexity index is 803. The Kier molecular flexibility index (Phi) is 4.45. The van der Waals surface area contributed by atoms with Gasteiger partial charge in [0, 0.05) is 11.7 Å². The first-order chi connectivity index (χ1) is 11.7. The normalized spacial score (nSPS) is 15.5. The lowest BCUT2D eigenvalue weighted by atomic mass is 10.1. The summed E-state index contributed by atoms with van der Waals surface area (Å²) in [5.74, 6) is 0.179. The summed E-state index contributed by atoms with van der Waals surface area (Å²) in [5, 5.41) is 7.20. The molecule has 1 aromatic carbocycles. The quantitative estimate of drug-likeness (QED) is 0.657. The lowest BCUT2D eigenvalue weighted by molar-refractivity contribution is -0.138. The third-order valence-electron chi connectivity index (χ3n) is 4.00. The number of alkyl halides is 3. The lowest BCUT2D eigenvalue weighted by Gasteiger charge is -2.14. The molecule has 25 heavy (non-hydrogen) atoms. The van der Waals surface area contributed by atoms with Crippen molar-refractivity contribution in [1.82, 2.24) is 15.1 Å². The predicted octanol–water partition coefficient (Wildman–Crippen LogP) is 3.07. The summed E-state index contributed by atoms with van der Waals surface area (Å²) in [7, 11) is 0.